The number of hydrogen-bond acceptors (Lipinski definition) is 4. The first kappa shape index (κ1) is 15.9. The lowest BCUT2D eigenvalue weighted by Gasteiger charge is -2.24. The summed E-state index contributed by atoms with van der Waals surface area (Å²) in [6, 6.07) is 7.90. The van der Waals surface area contributed by atoms with E-state index in [1.165, 1.54) is 0 Å². The molecule has 1 heterocycles. The molecule has 0 radical (unpaired) electrons. The van der Waals surface area contributed by atoms with Crippen LogP contribution >= 0.6 is 0 Å². The smallest absolute Gasteiger partial charge is 0.243 e. The quantitative estimate of drug-likeness (QED) is 0.775. The molecule has 116 valence electrons. The van der Waals surface area contributed by atoms with Crippen molar-refractivity contribution in [1.82, 2.24) is 5.32 Å². The Morgan fingerprint density at radius 2 is 2.10 bits per heavy atom. The predicted octanol–water partition coefficient (Wildman–Crippen LogP) is 1.56. The highest BCUT2D eigenvalue weighted by atomic mass is 16.5. The first-order valence-electron chi connectivity index (χ1n) is 7.43. The molecule has 0 aromatic heterocycles. The zero-order valence-corrected chi connectivity index (χ0v) is 12.8. The second-order valence-corrected chi connectivity index (χ2v) is 5.18. The number of carbonyl (C=O) groups excluding carboxylic acids is 1. The summed E-state index contributed by atoms with van der Waals surface area (Å²) in [5.74, 6) is 0.122. The van der Waals surface area contributed by atoms with E-state index in [2.05, 4.69) is 11.4 Å². The van der Waals surface area contributed by atoms with Crippen LogP contribution in [-0.4, -0.2) is 45.4 Å². The summed E-state index contributed by atoms with van der Waals surface area (Å²) in [6.07, 6.45) is 0.816. The van der Waals surface area contributed by atoms with Gasteiger partial charge in [-0.1, -0.05) is 18.2 Å². The Balaban J connectivity index is 1.96. The van der Waals surface area contributed by atoms with Crippen LogP contribution < -0.4 is 10.2 Å². The van der Waals surface area contributed by atoms with Gasteiger partial charge in [-0.3, -0.25) is 4.79 Å². The summed E-state index contributed by atoms with van der Waals surface area (Å²) >= 11 is 0. The molecule has 21 heavy (non-hydrogen) atoms. The lowest BCUT2D eigenvalue weighted by atomic mass is 10.1. The maximum absolute atomic E-state index is 12.5. The topological polar surface area (TPSA) is 50.8 Å². The summed E-state index contributed by atoms with van der Waals surface area (Å²) in [7, 11) is 1.66. The van der Waals surface area contributed by atoms with Crippen LogP contribution in [0, 0.1) is 0 Å². The van der Waals surface area contributed by atoms with E-state index in [0.717, 1.165) is 24.2 Å². The Hall–Kier alpha value is -1.43. The molecule has 1 N–H and O–H groups in total. The van der Waals surface area contributed by atoms with Gasteiger partial charge >= 0.3 is 0 Å². The Labute approximate surface area is 126 Å². The van der Waals surface area contributed by atoms with Gasteiger partial charge in [-0.15, -0.1) is 0 Å². The maximum atomic E-state index is 12.5. The number of ether oxygens (including phenoxy) is 2. The summed E-state index contributed by atoms with van der Waals surface area (Å²) in [6.45, 7) is 5.15. The molecule has 1 unspecified atom stereocenters. The molecule has 0 bridgehead atoms. The molecule has 1 aliphatic rings. The van der Waals surface area contributed by atoms with E-state index in [1.54, 1.807) is 7.11 Å². The second kappa shape index (κ2) is 8.12. The van der Waals surface area contributed by atoms with Gasteiger partial charge in [0.2, 0.25) is 5.91 Å². The van der Waals surface area contributed by atoms with Gasteiger partial charge in [0.15, 0.2) is 0 Å². The first-order chi connectivity index (χ1) is 10.2. The third-order valence-corrected chi connectivity index (χ3v) is 3.62. The van der Waals surface area contributed by atoms with Crippen LogP contribution in [0.1, 0.15) is 18.9 Å². The SMILES string of the molecule is COCCOCCCN1C(=O)C(C)NCc2ccccc21. The molecule has 1 aliphatic heterocycles. The van der Waals surface area contributed by atoms with Gasteiger partial charge in [0, 0.05) is 32.5 Å². The fourth-order valence-electron chi connectivity index (χ4n) is 2.43. The number of anilines is 1. The summed E-state index contributed by atoms with van der Waals surface area (Å²) in [4.78, 5) is 14.4. The van der Waals surface area contributed by atoms with E-state index in [4.69, 9.17) is 9.47 Å². The molecule has 5 heteroatoms. The van der Waals surface area contributed by atoms with Gasteiger partial charge in [0.05, 0.1) is 19.3 Å². The van der Waals surface area contributed by atoms with Crippen molar-refractivity contribution in [3.63, 3.8) is 0 Å². The highest BCUT2D eigenvalue weighted by Gasteiger charge is 2.26. The van der Waals surface area contributed by atoms with Crippen molar-refractivity contribution in [2.75, 3.05) is 38.4 Å². The third kappa shape index (κ3) is 4.27. The van der Waals surface area contributed by atoms with Crippen LogP contribution in [0.25, 0.3) is 0 Å². The monoisotopic (exact) mass is 292 g/mol. The molecule has 1 atom stereocenters. The molecule has 0 saturated carbocycles. The molecular weight excluding hydrogens is 268 g/mol. The number of carbonyl (C=O) groups is 1. The van der Waals surface area contributed by atoms with Gasteiger partial charge in [0.1, 0.15) is 0 Å². The van der Waals surface area contributed by atoms with Crippen LogP contribution in [-0.2, 0) is 20.8 Å². The highest BCUT2D eigenvalue weighted by Crippen LogP contribution is 2.24. The minimum Gasteiger partial charge on any atom is -0.382 e. The second-order valence-electron chi connectivity index (χ2n) is 5.18. The van der Waals surface area contributed by atoms with E-state index < -0.39 is 0 Å². The average Bonchev–Trinajstić information content (AvgIpc) is 2.62. The number of methoxy groups -OCH3 is 1. The number of nitrogens with zero attached hydrogens (tertiary/aromatic N) is 1. The third-order valence-electron chi connectivity index (χ3n) is 3.62. The van der Waals surface area contributed by atoms with Crippen molar-refractivity contribution >= 4 is 11.6 Å². The van der Waals surface area contributed by atoms with E-state index in [9.17, 15) is 4.79 Å². The van der Waals surface area contributed by atoms with E-state index in [-0.39, 0.29) is 11.9 Å². The highest BCUT2D eigenvalue weighted by molar-refractivity contribution is 5.98. The number of amides is 1. The van der Waals surface area contributed by atoms with E-state index >= 15 is 0 Å². The van der Waals surface area contributed by atoms with Crippen LogP contribution in [0.3, 0.4) is 0 Å². The fourth-order valence-corrected chi connectivity index (χ4v) is 2.43. The Morgan fingerprint density at radius 1 is 1.29 bits per heavy atom. The zero-order chi connectivity index (χ0) is 15.1. The van der Waals surface area contributed by atoms with Gasteiger partial charge in [-0.25, -0.2) is 0 Å². The maximum Gasteiger partial charge on any atom is 0.243 e. The van der Waals surface area contributed by atoms with Gasteiger partial charge in [0.25, 0.3) is 0 Å². The standard InChI is InChI=1S/C16H24N2O3/c1-13-16(19)18(8-5-9-21-11-10-20-2)15-7-4-3-6-14(15)12-17-13/h3-4,6-7,13,17H,5,8-12H2,1-2H3. The molecule has 1 aromatic rings. The average molecular weight is 292 g/mol. The normalized spacial score (nSPS) is 18.5. The molecule has 2 rings (SSSR count). The predicted molar refractivity (Wildman–Crippen MR) is 82.4 cm³/mol. The van der Waals surface area contributed by atoms with Crippen LogP contribution in [0.4, 0.5) is 5.69 Å². The number of hydrogen-bond donors (Lipinski definition) is 1. The number of benzene rings is 1. The van der Waals surface area contributed by atoms with Gasteiger partial charge < -0.3 is 19.7 Å². The number of para-hydroxylation sites is 1. The molecule has 0 aliphatic carbocycles. The molecule has 0 saturated heterocycles. The molecule has 5 nitrogen and oxygen atoms in total. The lowest BCUT2D eigenvalue weighted by molar-refractivity contribution is -0.120. The Bertz CT molecular complexity index is 465. The molecule has 0 fully saturated rings. The van der Waals surface area contributed by atoms with Crippen molar-refractivity contribution in [2.24, 2.45) is 0 Å². The summed E-state index contributed by atoms with van der Waals surface area (Å²) in [5, 5.41) is 3.26. The van der Waals surface area contributed by atoms with Crippen LogP contribution in [0.2, 0.25) is 0 Å². The van der Waals surface area contributed by atoms with Gasteiger partial charge in [-0.2, -0.15) is 0 Å². The van der Waals surface area contributed by atoms with Gasteiger partial charge in [-0.05, 0) is 25.0 Å². The lowest BCUT2D eigenvalue weighted by Crippen LogP contribution is -2.43. The van der Waals surface area contributed by atoms with Crippen molar-refractivity contribution in [3.05, 3.63) is 29.8 Å². The number of fused-ring (bicyclic) bond motifs is 1. The Morgan fingerprint density at radius 3 is 2.90 bits per heavy atom. The van der Waals surface area contributed by atoms with Crippen LogP contribution in [0.15, 0.2) is 24.3 Å². The van der Waals surface area contributed by atoms with Crippen molar-refractivity contribution in [3.8, 4) is 0 Å². The summed E-state index contributed by atoms with van der Waals surface area (Å²) in [5.41, 5.74) is 2.17. The molecule has 1 amide bonds. The number of nitrogens with one attached hydrogen (secondary N) is 1. The molecule has 0 spiro atoms. The van der Waals surface area contributed by atoms with Crippen LogP contribution in [0.5, 0.6) is 0 Å². The van der Waals surface area contributed by atoms with Crippen molar-refractivity contribution in [2.45, 2.75) is 25.9 Å². The Kier molecular flexibility index (Phi) is 6.17. The minimum atomic E-state index is -0.160. The van der Waals surface area contributed by atoms with Crippen molar-refractivity contribution < 1.29 is 14.3 Å². The summed E-state index contributed by atoms with van der Waals surface area (Å²) < 4.78 is 10.4. The largest absolute Gasteiger partial charge is 0.382 e. The van der Waals surface area contributed by atoms with E-state index in [0.29, 0.717) is 26.4 Å². The van der Waals surface area contributed by atoms with E-state index in [1.807, 2.05) is 30.0 Å². The van der Waals surface area contributed by atoms with Crippen molar-refractivity contribution in [1.29, 1.82) is 0 Å². The zero-order valence-electron chi connectivity index (χ0n) is 12.8. The molecular formula is C16H24N2O3. The first-order valence-corrected chi connectivity index (χ1v) is 7.43. The number of rotatable bonds is 7. The molecule has 1 aromatic carbocycles. The minimum absolute atomic E-state index is 0.122. The fraction of sp³-hybridized carbons (Fsp3) is 0.562.